The molecule has 0 aromatic rings. The predicted octanol–water partition coefficient (Wildman–Crippen LogP) is 4.22. The minimum atomic E-state index is -0.0438. The molecule has 0 aromatic carbocycles. The molecule has 5 rings (SSSR count). The molecule has 5 aliphatic rings. The van der Waals surface area contributed by atoms with Crippen LogP contribution in [0.4, 0.5) is 4.79 Å². The molecular formula is C24H39N3O2. The normalized spacial score (nSPS) is 42.6. The zero-order valence-electron chi connectivity index (χ0n) is 18.2. The zero-order chi connectivity index (χ0) is 20.1. The van der Waals surface area contributed by atoms with Gasteiger partial charge in [-0.05, 0) is 94.3 Å². The van der Waals surface area contributed by atoms with E-state index in [9.17, 15) is 9.59 Å². The van der Waals surface area contributed by atoms with Crippen molar-refractivity contribution in [3.8, 4) is 0 Å². The Labute approximate surface area is 175 Å². The van der Waals surface area contributed by atoms with Gasteiger partial charge in [0.05, 0.1) is 0 Å². The number of nitrogens with zero attached hydrogens (tertiary/aromatic N) is 1. The van der Waals surface area contributed by atoms with Crippen molar-refractivity contribution < 1.29 is 9.59 Å². The van der Waals surface area contributed by atoms with Crippen LogP contribution in [-0.4, -0.2) is 41.5 Å². The summed E-state index contributed by atoms with van der Waals surface area (Å²) in [5.74, 6) is 2.81. The van der Waals surface area contributed by atoms with Gasteiger partial charge in [0.15, 0.2) is 0 Å². The third kappa shape index (κ3) is 3.90. The minimum Gasteiger partial charge on any atom is -0.339 e. The molecule has 4 saturated carbocycles. The molecule has 0 radical (unpaired) electrons. The summed E-state index contributed by atoms with van der Waals surface area (Å²) in [5, 5.41) is 6.32. The van der Waals surface area contributed by atoms with Crippen molar-refractivity contribution in [1.82, 2.24) is 15.5 Å². The summed E-state index contributed by atoms with van der Waals surface area (Å²) in [6.07, 6.45) is 15.3. The van der Waals surface area contributed by atoms with Gasteiger partial charge in [0, 0.05) is 31.1 Å². The first-order chi connectivity index (χ1) is 14.0. The van der Waals surface area contributed by atoms with Crippen molar-refractivity contribution >= 4 is 11.9 Å². The maximum Gasteiger partial charge on any atom is 0.315 e. The Hall–Kier alpha value is -1.26. The number of amides is 3. The molecule has 2 bridgehead atoms. The number of urea groups is 1. The molecule has 0 aromatic heterocycles. The van der Waals surface area contributed by atoms with Crippen LogP contribution in [0.1, 0.15) is 90.4 Å². The Bertz CT molecular complexity index is 665. The SMILES string of the molecule is CC1(NC(=O)NCCCC(=O)N2CCCC3CCCCC32)CC2CC3CC3(C2)C1. The highest BCUT2D eigenvalue weighted by Crippen LogP contribution is 2.72. The first-order valence-corrected chi connectivity index (χ1v) is 12.3. The van der Waals surface area contributed by atoms with Crippen LogP contribution in [-0.2, 0) is 4.79 Å². The maximum absolute atomic E-state index is 12.8. The van der Waals surface area contributed by atoms with Crippen LogP contribution >= 0.6 is 0 Å². The number of nitrogens with one attached hydrogen (secondary N) is 2. The Morgan fingerprint density at radius 2 is 1.90 bits per heavy atom. The lowest BCUT2D eigenvalue weighted by Gasteiger charge is -2.44. The van der Waals surface area contributed by atoms with Crippen LogP contribution in [0.2, 0.25) is 0 Å². The Morgan fingerprint density at radius 3 is 2.76 bits per heavy atom. The number of piperidine rings is 1. The molecule has 5 fully saturated rings. The van der Waals surface area contributed by atoms with Gasteiger partial charge in [-0.3, -0.25) is 4.79 Å². The van der Waals surface area contributed by atoms with Gasteiger partial charge < -0.3 is 15.5 Å². The van der Waals surface area contributed by atoms with Gasteiger partial charge in [0.1, 0.15) is 0 Å². The van der Waals surface area contributed by atoms with Gasteiger partial charge in [0.25, 0.3) is 0 Å². The van der Waals surface area contributed by atoms with Gasteiger partial charge in [-0.2, -0.15) is 0 Å². The molecule has 1 saturated heterocycles. The number of likely N-dealkylation sites (tertiary alicyclic amines) is 1. The lowest BCUT2D eigenvalue weighted by molar-refractivity contribution is -0.137. The van der Waals surface area contributed by atoms with E-state index in [1.165, 1.54) is 51.4 Å². The molecule has 1 aliphatic heterocycles. The smallest absolute Gasteiger partial charge is 0.315 e. The topological polar surface area (TPSA) is 61.4 Å². The van der Waals surface area contributed by atoms with E-state index >= 15 is 0 Å². The molecule has 2 N–H and O–H groups in total. The highest BCUT2D eigenvalue weighted by atomic mass is 16.2. The third-order valence-corrected chi connectivity index (χ3v) is 8.99. The number of carbonyl (C=O) groups excluding carboxylic acids is 2. The number of carbonyl (C=O) groups is 2. The van der Waals surface area contributed by atoms with Gasteiger partial charge in [-0.25, -0.2) is 4.79 Å². The number of fused-ring (bicyclic) bond motifs is 2. The number of hydrogen-bond donors (Lipinski definition) is 2. The van der Waals surface area contributed by atoms with Crippen molar-refractivity contribution in [2.24, 2.45) is 23.2 Å². The molecule has 162 valence electrons. The largest absolute Gasteiger partial charge is 0.339 e. The van der Waals surface area contributed by atoms with Crippen molar-refractivity contribution in [1.29, 1.82) is 0 Å². The fraction of sp³-hybridized carbons (Fsp3) is 0.917. The van der Waals surface area contributed by atoms with E-state index in [1.807, 2.05) is 0 Å². The van der Waals surface area contributed by atoms with E-state index in [2.05, 4.69) is 22.5 Å². The molecule has 4 aliphatic carbocycles. The predicted molar refractivity (Wildman–Crippen MR) is 113 cm³/mol. The first kappa shape index (κ1) is 19.7. The average Bonchev–Trinajstić information content (AvgIpc) is 3.24. The summed E-state index contributed by atoms with van der Waals surface area (Å²) in [7, 11) is 0. The molecule has 6 atom stereocenters. The van der Waals surface area contributed by atoms with Gasteiger partial charge >= 0.3 is 6.03 Å². The lowest BCUT2D eigenvalue weighted by Crippen LogP contribution is -2.53. The Morgan fingerprint density at radius 1 is 1.07 bits per heavy atom. The molecule has 3 amide bonds. The molecule has 29 heavy (non-hydrogen) atoms. The number of hydrogen-bond acceptors (Lipinski definition) is 2. The van der Waals surface area contributed by atoms with E-state index in [-0.39, 0.29) is 11.6 Å². The fourth-order valence-corrected chi connectivity index (χ4v) is 7.94. The third-order valence-electron chi connectivity index (χ3n) is 8.99. The van der Waals surface area contributed by atoms with Crippen LogP contribution in [0, 0.1) is 23.2 Å². The van der Waals surface area contributed by atoms with Crippen molar-refractivity contribution in [3.63, 3.8) is 0 Å². The van der Waals surface area contributed by atoms with E-state index in [4.69, 9.17) is 0 Å². The monoisotopic (exact) mass is 401 g/mol. The minimum absolute atomic E-state index is 0.0415. The standard InChI is InChI=1S/C24H39N3O2/c1-23(13-17-12-19-15-24(19,14-17)16-23)26-22(29)25-10-4-9-21(28)27-11-5-7-18-6-2-3-8-20(18)27/h17-20H,2-16H2,1H3,(H2,25,26,29). The lowest BCUT2D eigenvalue weighted by atomic mass is 9.72. The molecule has 6 unspecified atom stereocenters. The summed E-state index contributed by atoms with van der Waals surface area (Å²) in [6.45, 7) is 3.77. The summed E-state index contributed by atoms with van der Waals surface area (Å²) in [6, 6.07) is 0.452. The zero-order valence-corrected chi connectivity index (χ0v) is 18.2. The molecule has 5 heteroatoms. The van der Waals surface area contributed by atoms with Crippen LogP contribution < -0.4 is 10.6 Å². The van der Waals surface area contributed by atoms with Crippen LogP contribution in [0.25, 0.3) is 0 Å². The highest BCUT2D eigenvalue weighted by Gasteiger charge is 2.65. The van der Waals surface area contributed by atoms with Crippen molar-refractivity contribution in [3.05, 3.63) is 0 Å². The molecule has 1 spiro atoms. The van der Waals surface area contributed by atoms with Gasteiger partial charge in [-0.15, -0.1) is 0 Å². The Kier molecular flexibility index (Phi) is 5.06. The van der Waals surface area contributed by atoms with Gasteiger partial charge in [0.2, 0.25) is 5.91 Å². The second-order valence-corrected chi connectivity index (χ2v) is 11.3. The van der Waals surface area contributed by atoms with E-state index in [0.29, 0.717) is 30.3 Å². The average molecular weight is 402 g/mol. The second kappa shape index (κ2) is 7.46. The van der Waals surface area contributed by atoms with Crippen LogP contribution in [0.15, 0.2) is 0 Å². The van der Waals surface area contributed by atoms with E-state index in [0.717, 1.165) is 50.0 Å². The summed E-state index contributed by atoms with van der Waals surface area (Å²) >= 11 is 0. The molecule has 5 nitrogen and oxygen atoms in total. The summed E-state index contributed by atoms with van der Waals surface area (Å²) in [5.41, 5.74) is 0.528. The van der Waals surface area contributed by atoms with E-state index in [1.54, 1.807) is 0 Å². The maximum atomic E-state index is 12.8. The van der Waals surface area contributed by atoms with E-state index < -0.39 is 0 Å². The summed E-state index contributed by atoms with van der Waals surface area (Å²) in [4.78, 5) is 27.4. The first-order valence-electron chi connectivity index (χ1n) is 12.3. The summed E-state index contributed by atoms with van der Waals surface area (Å²) < 4.78 is 0. The highest BCUT2D eigenvalue weighted by molar-refractivity contribution is 5.77. The fourth-order valence-electron chi connectivity index (χ4n) is 7.94. The number of rotatable bonds is 5. The van der Waals surface area contributed by atoms with Crippen molar-refractivity contribution in [2.45, 2.75) is 102 Å². The Balaban J connectivity index is 1.03. The van der Waals surface area contributed by atoms with Gasteiger partial charge in [-0.1, -0.05) is 12.8 Å². The van der Waals surface area contributed by atoms with Crippen LogP contribution in [0.5, 0.6) is 0 Å². The molecule has 1 heterocycles. The second-order valence-electron chi connectivity index (χ2n) is 11.3. The van der Waals surface area contributed by atoms with Crippen molar-refractivity contribution in [2.75, 3.05) is 13.1 Å². The molecular weight excluding hydrogens is 362 g/mol. The quantitative estimate of drug-likeness (QED) is 0.678. The van der Waals surface area contributed by atoms with Crippen LogP contribution in [0.3, 0.4) is 0 Å².